The summed E-state index contributed by atoms with van der Waals surface area (Å²) in [5.41, 5.74) is 2.21. The van der Waals surface area contributed by atoms with Gasteiger partial charge >= 0.3 is 0 Å². The van der Waals surface area contributed by atoms with E-state index in [-0.39, 0.29) is 23.3 Å². The predicted molar refractivity (Wildman–Crippen MR) is 104 cm³/mol. The number of piperidine rings is 1. The number of hydrogen-bond acceptors (Lipinski definition) is 4. The van der Waals surface area contributed by atoms with Crippen LogP contribution in [0, 0.1) is 0 Å². The first-order valence-electron chi connectivity index (χ1n) is 8.85. The maximum Gasteiger partial charge on any atom is 0.261 e. The van der Waals surface area contributed by atoms with Crippen LogP contribution in [0.15, 0.2) is 65.7 Å². The fourth-order valence-corrected chi connectivity index (χ4v) is 4.60. The summed E-state index contributed by atoms with van der Waals surface area (Å²) in [6.07, 6.45) is 1.15. The van der Waals surface area contributed by atoms with Crippen LogP contribution in [0.3, 0.4) is 0 Å². The summed E-state index contributed by atoms with van der Waals surface area (Å²) in [5, 5.41) is 2.70. The summed E-state index contributed by atoms with van der Waals surface area (Å²) in [5.74, 6) is -0.456. The summed E-state index contributed by atoms with van der Waals surface area (Å²) in [4.78, 5) is 26.7. The lowest BCUT2D eigenvalue weighted by atomic mass is 10.0. The maximum atomic E-state index is 12.7. The van der Waals surface area contributed by atoms with Gasteiger partial charge in [0.1, 0.15) is 6.04 Å². The zero-order valence-electron chi connectivity index (χ0n) is 15.0. The van der Waals surface area contributed by atoms with Crippen LogP contribution in [0.1, 0.15) is 28.8 Å². The van der Waals surface area contributed by atoms with Crippen LogP contribution in [0.4, 0.5) is 5.69 Å². The summed E-state index contributed by atoms with van der Waals surface area (Å²) in [6, 6.07) is 12.3. The highest BCUT2D eigenvalue weighted by atomic mass is 32.2. The zero-order valence-corrected chi connectivity index (χ0v) is 15.8. The van der Waals surface area contributed by atoms with Gasteiger partial charge in [-0.1, -0.05) is 24.8 Å². The molecule has 2 aromatic carbocycles. The number of allylic oxidation sites excluding steroid dienone is 1. The molecule has 0 aliphatic carbocycles. The number of hydrogen-bond donors (Lipinski definition) is 2. The maximum absolute atomic E-state index is 12.7. The van der Waals surface area contributed by atoms with Gasteiger partial charge in [-0.3, -0.25) is 14.3 Å². The Morgan fingerprint density at radius 3 is 2.57 bits per heavy atom. The van der Waals surface area contributed by atoms with E-state index >= 15 is 0 Å². The van der Waals surface area contributed by atoms with Gasteiger partial charge in [0.2, 0.25) is 5.91 Å². The Balaban J connectivity index is 1.56. The van der Waals surface area contributed by atoms with Crippen LogP contribution in [-0.2, 0) is 21.4 Å². The van der Waals surface area contributed by atoms with E-state index < -0.39 is 16.1 Å². The smallest absolute Gasteiger partial charge is 0.261 e. The highest BCUT2D eigenvalue weighted by Gasteiger charge is 2.38. The number of sulfonamides is 1. The lowest BCUT2D eigenvalue weighted by molar-refractivity contribution is -0.126. The number of carbonyl (C=O) groups excluding carboxylic acids is 2. The molecule has 28 heavy (non-hydrogen) atoms. The van der Waals surface area contributed by atoms with E-state index in [1.165, 1.54) is 17.0 Å². The minimum atomic E-state index is -3.72. The highest BCUT2D eigenvalue weighted by molar-refractivity contribution is 7.92. The molecule has 2 amide bonds. The number of anilines is 1. The van der Waals surface area contributed by atoms with Gasteiger partial charge < -0.3 is 10.2 Å². The van der Waals surface area contributed by atoms with Gasteiger partial charge in [0.25, 0.3) is 15.9 Å². The molecule has 1 saturated heterocycles. The average molecular weight is 397 g/mol. The van der Waals surface area contributed by atoms with Gasteiger partial charge in [0.15, 0.2) is 0 Å². The Bertz CT molecular complexity index is 1080. The molecular weight excluding hydrogens is 378 g/mol. The van der Waals surface area contributed by atoms with Gasteiger partial charge in [-0.25, -0.2) is 8.42 Å². The fraction of sp³-hybridized carbons (Fsp3) is 0.200. The molecule has 0 bridgehead atoms. The SMILES string of the molecule is C=C1CCC(N2Cc3cc(NS(=O)(=O)c4ccccc4)ccc3C2=O)C(=O)N1. The lowest BCUT2D eigenvalue weighted by Crippen LogP contribution is -2.49. The zero-order chi connectivity index (χ0) is 19.9. The van der Waals surface area contributed by atoms with Gasteiger partial charge in [0, 0.05) is 23.5 Å². The Labute approximate surface area is 163 Å². The molecule has 2 heterocycles. The van der Waals surface area contributed by atoms with E-state index in [1.807, 2.05) is 0 Å². The van der Waals surface area contributed by atoms with Crippen LogP contribution < -0.4 is 10.0 Å². The van der Waals surface area contributed by atoms with Crippen molar-refractivity contribution >= 4 is 27.5 Å². The first-order valence-corrected chi connectivity index (χ1v) is 10.3. The molecule has 2 aliphatic heterocycles. The number of amides is 2. The number of carbonyl (C=O) groups is 2. The average Bonchev–Trinajstić information content (AvgIpc) is 2.98. The summed E-state index contributed by atoms with van der Waals surface area (Å²) >= 11 is 0. The second-order valence-electron chi connectivity index (χ2n) is 6.87. The molecule has 2 N–H and O–H groups in total. The Morgan fingerprint density at radius 1 is 1.11 bits per heavy atom. The Kier molecular flexibility index (Phi) is 4.43. The molecule has 8 heteroatoms. The van der Waals surface area contributed by atoms with E-state index in [4.69, 9.17) is 0 Å². The van der Waals surface area contributed by atoms with E-state index in [0.29, 0.717) is 35.4 Å². The summed E-state index contributed by atoms with van der Waals surface area (Å²) in [7, 11) is -3.72. The molecule has 0 aromatic heterocycles. The van der Waals surface area contributed by atoms with Crippen molar-refractivity contribution in [1.29, 1.82) is 0 Å². The second-order valence-corrected chi connectivity index (χ2v) is 8.55. The third-order valence-corrected chi connectivity index (χ3v) is 6.34. The first-order chi connectivity index (χ1) is 13.3. The van der Waals surface area contributed by atoms with Crippen LogP contribution in [0.25, 0.3) is 0 Å². The van der Waals surface area contributed by atoms with Gasteiger partial charge in [-0.05, 0) is 48.7 Å². The van der Waals surface area contributed by atoms with Crippen molar-refractivity contribution in [1.82, 2.24) is 10.2 Å². The third kappa shape index (κ3) is 3.27. The van der Waals surface area contributed by atoms with Gasteiger partial charge in [0.05, 0.1) is 4.90 Å². The highest BCUT2D eigenvalue weighted by Crippen LogP contribution is 2.30. The standard InChI is InChI=1S/C20H19N3O4S/c1-13-7-10-18(19(24)21-13)23-12-14-11-15(8-9-17(14)20(23)25)22-28(26,27)16-5-3-2-4-6-16/h2-6,8-9,11,18,22H,1,7,10,12H2,(H,21,24). The number of nitrogens with one attached hydrogen (secondary N) is 2. The minimum absolute atomic E-state index is 0.160. The number of benzene rings is 2. The molecule has 0 saturated carbocycles. The lowest BCUT2D eigenvalue weighted by Gasteiger charge is -2.30. The minimum Gasteiger partial charge on any atom is -0.329 e. The van der Waals surface area contributed by atoms with E-state index in [1.54, 1.807) is 36.4 Å². The van der Waals surface area contributed by atoms with Crippen molar-refractivity contribution < 1.29 is 18.0 Å². The van der Waals surface area contributed by atoms with E-state index in [9.17, 15) is 18.0 Å². The first kappa shape index (κ1) is 18.2. The molecule has 2 aliphatic rings. The van der Waals surface area contributed by atoms with Crippen LogP contribution in [-0.4, -0.2) is 31.2 Å². The molecule has 144 valence electrons. The number of rotatable bonds is 4. The summed E-state index contributed by atoms with van der Waals surface area (Å²) < 4.78 is 27.5. The molecule has 4 rings (SSSR count). The second kappa shape index (κ2) is 6.79. The summed E-state index contributed by atoms with van der Waals surface area (Å²) in [6.45, 7) is 4.02. The number of nitrogens with zero attached hydrogens (tertiary/aromatic N) is 1. The Hall–Kier alpha value is -3.13. The van der Waals surface area contributed by atoms with Gasteiger partial charge in [-0.2, -0.15) is 0 Å². The molecule has 1 fully saturated rings. The van der Waals surface area contributed by atoms with Crippen molar-refractivity contribution in [3.63, 3.8) is 0 Å². The van der Waals surface area contributed by atoms with Crippen LogP contribution in [0.5, 0.6) is 0 Å². The third-order valence-electron chi connectivity index (χ3n) is 4.94. The molecule has 1 unspecified atom stereocenters. The molecule has 7 nitrogen and oxygen atoms in total. The van der Waals surface area contributed by atoms with E-state index in [0.717, 1.165) is 0 Å². The predicted octanol–water partition coefficient (Wildman–Crippen LogP) is 2.24. The van der Waals surface area contributed by atoms with Crippen molar-refractivity contribution in [3.8, 4) is 0 Å². The monoisotopic (exact) mass is 397 g/mol. The number of fused-ring (bicyclic) bond motifs is 1. The van der Waals surface area contributed by atoms with Crippen molar-refractivity contribution in [3.05, 3.63) is 71.9 Å². The molecule has 2 aromatic rings. The molecule has 0 radical (unpaired) electrons. The molecule has 1 atom stereocenters. The molecule has 0 spiro atoms. The van der Waals surface area contributed by atoms with Crippen LogP contribution >= 0.6 is 0 Å². The Morgan fingerprint density at radius 2 is 1.86 bits per heavy atom. The van der Waals surface area contributed by atoms with Crippen molar-refractivity contribution in [2.24, 2.45) is 0 Å². The fourth-order valence-electron chi connectivity index (χ4n) is 3.53. The van der Waals surface area contributed by atoms with Crippen molar-refractivity contribution in [2.45, 2.75) is 30.3 Å². The van der Waals surface area contributed by atoms with E-state index in [2.05, 4.69) is 16.6 Å². The molecular formula is C20H19N3O4S. The quantitative estimate of drug-likeness (QED) is 0.827. The topological polar surface area (TPSA) is 95.6 Å². The van der Waals surface area contributed by atoms with Crippen molar-refractivity contribution in [2.75, 3.05) is 4.72 Å². The normalized spacial score (nSPS) is 19.4. The van der Waals surface area contributed by atoms with Crippen LogP contribution in [0.2, 0.25) is 0 Å². The largest absolute Gasteiger partial charge is 0.329 e. The van der Waals surface area contributed by atoms with Gasteiger partial charge in [-0.15, -0.1) is 0 Å².